The van der Waals surface area contributed by atoms with E-state index in [1.54, 1.807) is 6.07 Å². The molecule has 0 aromatic heterocycles. The van der Waals surface area contributed by atoms with Gasteiger partial charge in [0.15, 0.2) is 0 Å². The standard InChI is InChI=1S/C11H11F3N2/c1-10(6-7-15,11(12,13)14)8-2-4-9(16)5-3-8/h2-5H,6,16H2,1H3. The Morgan fingerprint density at radius 1 is 1.25 bits per heavy atom. The average molecular weight is 228 g/mol. The molecule has 86 valence electrons. The molecular weight excluding hydrogens is 217 g/mol. The second-order valence-electron chi connectivity index (χ2n) is 3.79. The molecule has 1 aromatic carbocycles. The third-order valence-electron chi connectivity index (χ3n) is 2.61. The average Bonchev–Trinajstić information content (AvgIpc) is 2.17. The fourth-order valence-electron chi connectivity index (χ4n) is 1.38. The van der Waals surface area contributed by atoms with Gasteiger partial charge in [-0.25, -0.2) is 0 Å². The number of alkyl halides is 3. The van der Waals surface area contributed by atoms with E-state index in [2.05, 4.69) is 0 Å². The molecule has 1 aromatic rings. The summed E-state index contributed by atoms with van der Waals surface area (Å²) in [6.07, 6.45) is -5.07. The highest BCUT2D eigenvalue weighted by molar-refractivity contribution is 5.42. The van der Waals surface area contributed by atoms with Crippen molar-refractivity contribution in [3.8, 4) is 6.07 Å². The maximum Gasteiger partial charge on any atom is 0.399 e. The lowest BCUT2D eigenvalue weighted by Gasteiger charge is -2.30. The van der Waals surface area contributed by atoms with E-state index in [-0.39, 0.29) is 5.56 Å². The van der Waals surface area contributed by atoms with Gasteiger partial charge in [0.2, 0.25) is 0 Å². The molecule has 0 amide bonds. The summed E-state index contributed by atoms with van der Waals surface area (Å²) in [6.45, 7) is 1.02. The van der Waals surface area contributed by atoms with Crippen LogP contribution in [0.4, 0.5) is 18.9 Å². The lowest BCUT2D eigenvalue weighted by Crippen LogP contribution is -2.39. The minimum atomic E-state index is -4.46. The summed E-state index contributed by atoms with van der Waals surface area (Å²) in [6, 6.07) is 6.99. The van der Waals surface area contributed by atoms with E-state index in [9.17, 15) is 13.2 Å². The molecule has 0 heterocycles. The monoisotopic (exact) mass is 228 g/mol. The minimum Gasteiger partial charge on any atom is -0.399 e. The Kier molecular flexibility index (Phi) is 3.13. The number of nitriles is 1. The first-order valence-corrected chi connectivity index (χ1v) is 4.61. The van der Waals surface area contributed by atoms with Crippen LogP contribution in [0.15, 0.2) is 24.3 Å². The Morgan fingerprint density at radius 2 is 1.75 bits per heavy atom. The molecule has 1 rings (SSSR count). The molecular formula is C11H11F3N2. The number of nitrogen functional groups attached to an aromatic ring is 1. The number of hydrogen-bond donors (Lipinski definition) is 1. The molecule has 0 saturated carbocycles. The molecule has 2 N–H and O–H groups in total. The largest absolute Gasteiger partial charge is 0.399 e. The first-order valence-electron chi connectivity index (χ1n) is 4.61. The number of nitrogens with two attached hydrogens (primary N) is 1. The van der Waals surface area contributed by atoms with Crippen molar-refractivity contribution in [1.29, 1.82) is 5.26 Å². The lowest BCUT2D eigenvalue weighted by atomic mass is 9.79. The Hall–Kier alpha value is -1.70. The maximum atomic E-state index is 12.9. The van der Waals surface area contributed by atoms with Crippen LogP contribution in [0.3, 0.4) is 0 Å². The van der Waals surface area contributed by atoms with Gasteiger partial charge in [-0.2, -0.15) is 18.4 Å². The normalized spacial score (nSPS) is 15.2. The molecule has 1 unspecified atom stereocenters. The number of rotatable bonds is 2. The highest BCUT2D eigenvalue weighted by Crippen LogP contribution is 2.43. The van der Waals surface area contributed by atoms with Crippen molar-refractivity contribution in [2.75, 3.05) is 5.73 Å². The molecule has 0 fully saturated rings. The second kappa shape index (κ2) is 4.05. The zero-order chi connectivity index (χ0) is 12.4. The molecule has 0 bridgehead atoms. The van der Waals surface area contributed by atoms with Crippen molar-refractivity contribution < 1.29 is 13.2 Å². The molecule has 0 radical (unpaired) electrons. The Labute approximate surface area is 91.5 Å². The van der Waals surface area contributed by atoms with Gasteiger partial charge in [-0.1, -0.05) is 12.1 Å². The Balaban J connectivity index is 3.23. The third-order valence-corrected chi connectivity index (χ3v) is 2.61. The van der Waals surface area contributed by atoms with Gasteiger partial charge in [-0.15, -0.1) is 0 Å². The van der Waals surface area contributed by atoms with Crippen molar-refractivity contribution in [1.82, 2.24) is 0 Å². The van der Waals surface area contributed by atoms with E-state index in [0.717, 1.165) is 6.92 Å². The highest BCUT2D eigenvalue weighted by atomic mass is 19.4. The van der Waals surface area contributed by atoms with Crippen LogP contribution in [-0.2, 0) is 5.41 Å². The predicted octanol–water partition coefficient (Wildman–Crippen LogP) is 3.00. The molecule has 0 aliphatic rings. The first kappa shape index (κ1) is 12.4. The van der Waals surface area contributed by atoms with E-state index in [4.69, 9.17) is 11.0 Å². The number of halogens is 3. The van der Waals surface area contributed by atoms with Gasteiger partial charge in [0.1, 0.15) is 5.41 Å². The van der Waals surface area contributed by atoms with Crippen LogP contribution < -0.4 is 5.73 Å². The molecule has 0 aliphatic heterocycles. The van der Waals surface area contributed by atoms with Gasteiger partial charge in [0, 0.05) is 5.69 Å². The van der Waals surface area contributed by atoms with Gasteiger partial charge in [0.05, 0.1) is 12.5 Å². The lowest BCUT2D eigenvalue weighted by molar-refractivity contribution is -0.184. The van der Waals surface area contributed by atoms with E-state index in [0.29, 0.717) is 5.69 Å². The van der Waals surface area contributed by atoms with Crippen molar-refractivity contribution in [3.63, 3.8) is 0 Å². The molecule has 16 heavy (non-hydrogen) atoms. The zero-order valence-electron chi connectivity index (χ0n) is 8.67. The van der Waals surface area contributed by atoms with Crippen LogP contribution in [-0.4, -0.2) is 6.18 Å². The van der Waals surface area contributed by atoms with Gasteiger partial charge < -0.3 is 5.73 Å². The van der Waals surface area contributed by atoms with Crippen molar-refractivity contribution in [2.45, 2.75) is 24.9 Å². The molecule has 0 spiro atoms. The topological polar surface area (TPSA) is 49.8 Å². The summed E-state index contributed by atoms with van der Waals surface area (Å²) >= 11 is 0. The summed E-state index contributed by atoms with van der Waals surface area (Å²) in [7, 11) is 0. The van der Waals surface area contributed by atoms with Crippen molar-refractivity contribution in [2.24, 2.45) is 0 Å². The molecule has 2 nitrogen and oxygen atoms in total. The second-order valence-corrected chi connectivity index (χ2v) is 3.79. The van der Waals surface area contributed by atoms with Gasteiger partial charge in [-0.05, 0) is 24.6 Å². The Bertz CT molecular complexity index is 403. The van der Waals surface area contributed by atoms with E-state index < -0.39 is 18.0 Å². The minimum absolute atomic E-state index is 0.0516. The number of nitrogens with zero attached hydrogens (tertiary/aromatic N) is 1. The first-order chi connectivity index (χ1) is 7.31. The summed E-state index contributed by atoms with van der Waals surface area (Å²) in [5.41, 5.74) is 3.71. The van der Waals surface area contributed by atoms with Crippen LogP contribution in [0.1, 0.15) is 18.9 Å². The summed E-state index contributed by atoms with van der Waals surface area (Å²) in [4.78, 5) is 0. The van der Waals surface area contributed by atoms with E-state index in [1.807, 2.05) is 0 Å². The van der Waals surface area contributed by atoms with Gasteiger partial charge >= 0.3 is 6.18 Å². The summed E-state index contributed by atoms with van der Waals surface area (Å²) in [5, 5.41) is 8.51. The predicted molar refractivity (Wildman–Crippen MR) is 54.5 cm³/mol. The smallest absolute Gasteiger partial charge is 0.399 e. The summed E-state index contributed by atoms with van der Waals surface area (Å²) in [5.74, 6) is 0. The maximum absolute atomic E-state index is 12.9. The van der Waals surface area contributed by atoms with Gasteiger partial charge in [0.25, 0.3) is 0 Å². The van der Waals surface area contributed by atoms with Crippen molar-refractivity contribution in [3.05, 3.63) is 29.8 Å². The fourth-order valence-corrected chi connectivity index (χ4v) is 1.38. The zero-order valence-corrected chi connectivity index (χ0v) is 8.67. The van der Waals surface area contributed by atoms with Crippen LogP contribution in [0, 0.1) is 11.3 Å². The molecule has 5 heteroatoms. The van der Waals surface area contributed by atoms with E-state index in [1.165, 1.54) is 24.3 Å². The van der Waals surface area contributed by atoms with Crippen LogP contribution in [0.5, 0.6) is 0 Å². The summed E-state index contributed by atoms with van der Waals surface area (Å²) < 4.78 is 38.7. The van der Waals surface area contributed by atoms with E-state index >= 15 is 0 Å². The van der Waals surface area contributed by atoms with Gasteiger partial charge in [-0.3, -0.25) is 0 Å². The fraction of sp³-hybridized carbons (Fsp3) is 0.364. The number of benzene rings is 1. The molecule has 1 atom stereocenters. The number of anilines is 1. The third kappa shape index (κ3) is 2.11. The quantitative estimate of drug-likeness (QED) is 0.791. The molecule has 0 saturated heterocycles. The molecule has 0 aliphatic carbocycles. The van der Waals surface area contributed by atoms with Crippen LogP contribution in [0.25, 0.3) is 0 Å². The number of hydrogen-bond acceptors (Lipinski definition) is 2. The van der Waals surface area contributed by atoms with Crippen LogP contribution >= 0.6 is 0 Å². The van der Waals surface area contributed by atoms with Crippen LogP contribution in [0.2, 0.25) is 0 Å². The Morgan fingerprint density at radius 3 is 2.12 bits per heavy atom. The van der Waals surface area contributed by atoms with Crippen molar-refractivity contribution >= 4 is 5.69 Å². The SMILES string of the molecule is CC(CC#N)(c1ccc(N)cc1)C(F)(F)F. The highest BCUT2D eigenvalue weighted by Gasteiger charge is 2.52.